The Morgan fingerprint density at radius 1 is 1.83 bits per heavy atom. The van der Waals surface area contributed by atoms with E-state index in [1.54, 1.807) is 6.92 Å². The maximum Gasteiger partial charge on any atom is 0.101 e. The number of nitrogens with zero attached hydrogens (tertiary/aromatic N) is 2. The van der Waals surface area contributed by atoms with Crippen molar-refractivity contribution in [3.05, 3.63) is 11.6 Å². The lowest BCUT2D eigenvalue weighted by molar-refractivity contribution is 0.200. The lowest BCUT2D eigenvalue weighted by Crippen LogP contribution is -2.36. The molecule has 0 spiro atoms. The highest BCUT2D eigenvalue weighted by atomic mass is 16.3. The predicted octanol–water partition coefficient (Wildman–Crippen LogP) is 0.521. The number of aliphatic hydroxyl groups is 1. The first-order valence-electron chi connectivity index (χ1n) is 4.12. The molecule has 1 N–H and O–H groups in total. The third-order valence-electron chi connectivity index (χ3n) is 2.25. The zero-order valence-corrected chi connectivity index (χ0v) is 7.49. The molecular formula is C9H14N2O. The zero-order chi connectivity index (χ0) is 9.14. The fourth-order valence-electron chi connectivity index (χ4n) is 1.36. The molecule has 1 aliphatic rings. The second-order valence-corrected chi connectivity index (χ2v) is 3.25. The fraction of sp³-hybridized carbons (Fsp3) is 0.667. The van der Waals surface area contributed by atoms with Gasteiger partial charge < -0.3 is 5.11 Å². The van der Waals surface area contributed by atoms with Gasteiger partial charge in [-0.3, -0.25) is 4.90 Å². The summed E-state index contributed by atoms with van der Waals surface area (Å²) in [6.45, 7) is 2.46. The summed E-state index contributed by atoms with van der Waals surface area (Å²) in [5, 5.41) is 18.0. The molecule has 12 heavy (non-hydrogen) atoms. The van der Waals surface area contributed by atoms with Crippen molar-refractivity contribution >= 4 is 0 Å². The van der Waals surface area contributed by atoms with Gasteiger partial charge >= 0.3 is 0 Å². The SMILES string of the molecule is CC(O)C1=CCC(C#N)N(C)C1. The number of hydrogen-bond donors (Lipinski definition) is 1. The maximum absolute atomic E-state index is 9.28. The van der Waals surface area contributed by atoms with E-state index in [0.717, 1.165) is 12.0 Å². The van der Waals surface area contributed by atoms with Crippen LogP contribution in [0.4, 0.5) is 0 Å². The molecule has 1 aliphatic heterocycles. The molecule has 0 saturated heterocycles. The van der Waals surface area contributed by atoms with Crippen molar-refractivity contribution in [1.29, 1.82) is 5.26 Å². The van der Waals surface area contributed by atoms with Gasteiger partial charge in [0.05, 0.1) is 12.2 Å². The van der Waals surface area contributed by atoms with Gasteiger partial charge in [0.15, 0.2) is 0 Å². The summed E-state index contributed by atoms with van der Waals surface area (Å²) in [5.74, 6) is 0. The fourth-order valence-corrected chi connectivity index (χ4v) is 1.36. The van der Waals surface area contributed by atoms with Crippen molar-refractivity contribution in [2.75, 3.05) is 13.6 Å². The third-order valence-corrected chi connectivity index (χ3v) is 2.25. The summed E-state index contributed by atoms with van der Waals surface area (Å²) in [5.41, 5.74) is 1.02. The highest BCUT2D eigenvalue weighted by molar-refractivity contribution is 5.16. The van der Waals surface area contributed by atoms with E-state index in [1.165, 1.54) is 0 Å². The van der Waals surface area contributed by atoms with Gasteiger partial charge in [-0.05, 0) is 26.0 Å². The molecular weight excluding hydrogens is 152 g/mol. The van der Waals surface area contributed by atoms with Crippen molar-refractivity contribution in [3.8, 4) is 6.07 Å². The molecule has 1 heterocycles. The molecule has 0 bridgehead atoms. The number of likely N-dealkylation sites (N-methyl/N-ethyl adjacent to an activating group) is 1. The van der Waals surface area contributed by atoms with Gasteiger partial charge in [-0.15, -0.1) is 0 Å². The van der Waals surface area contributed by atoms with Crippen LogP contribution >= 0.6 is 0 Å². The van der Waals surface area contributed by atoms with Crippen LogP contribution in [0.1, 0.15) is 13.3 Å². The van der Waals surface area contributed by atoms with Gasteiger partial charge in [0.2, 0.25) is 0 Å². The van der Waals surface area contributed by atoms with Crippen LogP contribution < -0.4 is 0 Å². The van der Waals surface area contributed by atoms with Crippen molar-refractivity contribution in [3.63, 3.8) is 0 Å². The molecule has 3 nitrogen and oxygen atoms in total. The molecule has 0 amide bonds. The molecule has 0 fully saturated rings. The van der Waals surface area contributed by atoms with E-state index in [-0.39, 0.29) is 12.1 Å². The van der Waals surface area contributed by atoms with Crippen LogP contribution in [-0.2, 0) is 0 Å². The summed E-state index contributed by atoms with van der Waals surface area (Å²) >= 11 is 0. The molecule has 66 valence electrons. The lowest BCUT2D eigenvalue weighted by Gasteiger charge is -2.28. The monoisotopic (exact) mass is 166 g/mol. The molecule has 0 aromatic rings. The Morgan fingerprint density at radius 3 is 2.92 bits per heavy atom. The van der Waals surface area contributed by atoms with E-state index in [1.807, 2.05) is 18.0 Å². The minimum absolute atomic E-state index is 0.0208. The first kappa shape index (κ1) is 9.24. The first-order valence-corrected chi connectivity index (χ1v) is 4.12. The van der Waals surface area contributed by atoms with Gasteiger partial charge in [-0.1, -0.05) is 6.08 Å². The van der Waals surface area contributed by atoms with Crippen LogP contribution in [0.25, 0.3) is 0 Å². The Morgan fingerprint density at radius 2 is 2.50 bits per heavy atom. The summed E-state index contributed by atoms with van der Waals surface area (Å²) in [4.78, 5) is 1.96. The summed E-state index contributed by atoms with van der Waals surface area (Å²) in [7, 11) is 1.91. The van der Waals surface area contributed by atoms with Gasteiger partial charge in [-0.2, -0.15) is 5.26 Å². The van der Waals surface area contributed by atoms with Crippen molar-refractivity contribution in [2.45, 2.75) is 25.5 Å². The highest BCUT2D eigenvalue weighted by Gasteiger charge is 2.20. The van der Waals surface area contributed by atoms with Crippen LogP contribution in [0.3, 0.4) is 0 Å². The van der Waals surface area contributed by atoms with Gasteiger partial charge in [0.25, 0.3) is 0 Å². The Kier molecular flexibility index (Phi) is 2.85. The Hall–Kier alpha value is -0.850. The smallest absolute Gasteiger partial charge is 0.101 e. The lowest BCUT2D eigenvalue weighted by atomic mass is 10.0. The van der Waals surface area contributed by atoms with Crippen molar-refractivity contribution < 1.29 is 5.11 Å². The molecule has 0 radical (unpaired) electrons. The van der Waals surface area contributed by atoms with E-state index in [2.05, 4.69) is 6.07 Å². The summed E-state index contributed by atoms with van der Waals surface area (Å²) in [6, 6.07) is 2.19. The van der Waals surface area contributed by atoms with Crippen LogP contribution in [0, 0.1) is 11.3 Å². The molecule has 0 saturated carbocycles. The molecule has 0 aliphatic carbocycles. The standard InChI is InChI=1S/C9H14N2O/c1-7(12)8-3-4-9(5-10)11(2)6-8/h3,7,9,12H,4,6H2,1-2H3. The third kappa shape index (κ3) is 1.84. The van der Waals surface area contributed by atoms with Gasteiger partial charge in [0, 0.05) is 6.54 Å². The maximum atomic E-state index is 9.28. The van der Waals surface area contributed by atoms with Crippen molar-refractivity contribution in [2.24, 2.45) is 0 Å². The summed E-state index contributed by atoms with van der Waals surface area (Å²) < 4.78 is 0. The molecule has 2 unspecified atom stereocenters. The Labute approximate surface area is 72.9 Å². The number of hydrogen-bond acceptors (Lipinski definition) is 3. The number of nitriles is 1. The van der Waals surface area contributed by atoms with Crippen LogP contribution in [0.5, 0.6) is 0 Å². The van der Waals surface area contributed by atoms with E-state index in [4.69, 9.17) is 5.26 Å². The molecule has 0 aromatic heterocycles. The molecule has 3 heteroatoms. The first-order chi connectivity index (χ1) is 5.65. The van der Waals surface area contributed by atoms with Crippen LogP contribution in [0.2, 0.25) is 0 Å². The van der Waals surface area contributed by atoms with E-state index in [0.29, 0.717) is 6.54 Å². The Balaban J connectivity index is 2.66. The normalized spacial score (nSPS) is 27.5. The van der Waals surface area contributed by atoms with E-state index in [9.17, 15) is 5.11 Å². The minimum atomic E-state index is -0.382. The molecule has 2 atom stereocenters. The minimum Gasteiger partial charge on any atom is -0.389 e. The average molecular weight is 166 g/mol. The quantitative estimate of drug-likeness (QED) is 0.578. The van der Waals surface area contributed by atoms with E-state index >= 15 is 0 Å². The van der Waals surface area contributed by atoms with Gasteiger partial charge in [0.1, 0.15) is 6.04 Å². The second-order valence-electron chi connectivity index (χ2n) is 3.25. The van der Waals surface area contributed by atoms with Crippen LogP contribution in [-0.4, -0.2) is 35.7 Å². The Bertz CT molecular complexity index is 227. The molecule has 1 rings (SSSR count). The van der Waals surface area contributed by atoms with Crippen LogP contribution in [0.15, 0.2) is 11.6 Å². The molecule has 0 aromatic carbocycles. The van der Waals surface area contributed by atoms with Crippen molar-refractivity contribution in [1.82, 2.24) is 4.90 Å². The zero-order valence-electron chi connectivity index (χ0n) is 7.49. The largest absolute Gasteiger partial charge is 0.389 e. The topological polar surface area (TPSA) is 47.3 Å². The summed E-state index contributed by atoms with van der Waals surface area (Å²) in [6.07, 6.45) is 2.32. The van der Waals surface area contributed by atoms with E-state index < -0.39 is 0 Å². The predicted molar refractivity (Wildman–Crippen MR) is 46.4 cm³/mol. The number of rotatable bonds is 1. The van der Waals surface area contributed by atoms with Gasteiger partial charge in [-0.25, -0.2) is 0 Å². The average Bonchev–Trinajstić information content (AvgIpc) is 2.04. The number of aliphatic hydroxyl groups excluding tert-OH is 1. The highest BCUT2D eigenvalue weighted by Crippen LogP contribution is 2.16. The second kappa shape index (κ2) is 3.70.